The van der Waals surface area contributed by atoms with Crippen molar-refractivity contribution in [3.63, 3.8) is 0 Å². The van der Waals surface area contributed by atoms with E-state index in [9.17, 15) is 19.2 Å². The van der Waals surface area contributed by atoms with Crippen LogP contribution in [0, 0.1) is 0 Å². The van der Waals surface area contributed by atoms with Crippen molar-refractivity contribution in [2.24, 2.45) is 5.73 Å². The standard InChI is InChI=1S/C40H51N3O7/c1-24(49-39(3,4)5)33(41)37(46)42-32(22-26-16-10-9-11-17-26)36(45)43-34(25(2)50-40(6,7)8)35(44)38(47)48-23-31-29-20-14-12-18-27(29)28-19-13-15-21-30(28)31/h9-21,24-25,31-34H,22-23,41H2,1-8H3,(H,42,46)(H,43,45)/t24-,25-,32+,33+,34+/m1/s1. The molecule has 0 bridgehead atoms. The summed E-state index contributed by atoms with van der Waals surface area (Å²) in [4.78, 5) is 54.6. The second kappa shape index (κ2) is 16.1. The largest absolute Gasteiger partial charge is 0.459 e. The fourth-order valence-corrected chi connectivity index (χ4v) is 6.24. The van der Waals surface area contributed by atoms with E-state index in [1.807, 2.05) is 99.6 Å². The third-order valence-corrected chi connectivity index (χ3v) is 8.40. The van der Waals surface area contributed by atoms with Gasteiger partial charge in [0.25, 0.3) is 5.78 Å². The van der Waals surface area contributed by atoms with E-state index in [1.54, 1.807) is 34.6 Å². The number of hydrogen-bond acceptors (Lipinski definition) is 8. The normalized spacial score (nSPS) is 15.9. The van der Waals surface area contributed by atoms with Crippen molar-refractivity contribution >= 4 is 23.6 Å². The molecule has 1 aliphatic carbocycles. The molecular formula is C40H51N3O7. The number of nitrogens with two attached hydrogens (primary N) is 1. The van der Waals surface area contributed by atoms with E-state index in [2.05, 4.69) is 10.6 Å². The quantitative estimate of drug-likeness (QED) is 0.161. The number of amides is 2. The van der Waals surface area contributed by atoms with Crippen LogP contribution in [0.2, 0.25) is 0 Å². The molecule has 0 aromatic heterocycles. The zero-order valence-electron chi connectivity index (χ0n) is 30.3. The van der Waals surface area contributed by atoms with Gasteiger partial charge in [-0.25, -0.2) is 4.79 Å². The molecule has 0 heterocycles. The van der Waals surface area contributed by atoms with Crippen molar-refractivity contribution in [3.05, 3.63) is 95.6 Å². The Balaban J connectivity index is 1.54. The summed E-state index contributed by atoms with van der Waals surface area (Å²) in [6, 6.07) is 21.3. The second-order valence-electron chi connectivity index (χ2n) is 14.8. The highest BCUT2D eigenvalue weighted by atomic mass is 16.5. The number of ether oxygens (including phenoxy) is 3. The van der Waals surface area contributed by atoms with E-state index in [-0.39, 0.29) is 18.9 Å². The Morgan fingerprint density at radius 3 is 1.74 bits per heavy atom. The molecule has 0 aliphatic heterocycles. The number of rotatable bonds is 14. The molecule has 50 heavy (non-hydrogen) atoms. The minimum absolute atomic E-state index is 0.0623. The van der Waals surface area contributed by atoms with Crippen LogP contribution in [0.25, 0.3) is 11.1 Å². The monoisotopic (exact) mass is 685 g/mol. The molecule has 4 rings (SSSR count). The average Bonchev–Trinajstić information content (AvgIpc) is 3.37. The van der Waals surface area contributed by atoms with E-state index < -0.39 is 65.1 Å². The number of fused-ring (bicyclic) bond motifs is 3. The summed E-state index contributed by atoms with van der Waals surface area (Å²) >= 11 is 0. The highest BCUT2D eigenvalue weighted by Crippen LogP contribution is 2.44. The van der Waals surface area contributed by atoms with Gasteiger partial charge in [0.2, 0.25) is 11.8 Å². The maximum absolute atomic E-state index is 14.0. The molecule has 2 amide bonds. The Hall–Kier alpha value is -4.38. The first-order chi connectivity index (χ1) is 23.4. The van der Waals surface area contributed by atoms with Gasteiger partial charge in [-0.15, -0.1) is 0 Å². The van der Waals surface area contributed by atoms with E-state index >= 15 is 0 Å². The lowest BCUT2D eigenvalue weighted by atomic mass is 9.98. The maximum atomic E-state index is 14.0. The van der Waals surface area contributed by atoms with Gasteiger partial charge in [-0.2, -0.15) is 0 Å². The van der Waals surface area contributed by atoms with Crippen LogP contribution in [0.1, 0.15) is 78.0 Å². The Bertz CT molecular complexity index is 1620. The van der Waals surface area contributed by atoms with Gasteiger partial charge in [-0.3, -0.25) is 14.4 Å². The highest BCUT2D eigenvalue weighted by molar-refractivity contribution is 6.36. The summed E-state index contributed by atoms with van der Waals surface area (Å²) in [5.41, 5.74) is 9.88. The summed E-state index contributed by atoms with van der Waals surface area (Å²) in [5.74, 6) is -3.61. The molecule has 4 N–H and O–H groups in total. The van der Waals surface area contributed by atoms with Gasteiger partial charge in [0, 0.05) is 12.3 Å². The predicted octanol–water partition coefficient (Wildman–Crippen LogP) is 4.86. The molecule has 0 radical (unpaired) electrons. The van der Waals surface area contributed by atoms with E-state index in [1.165, 1.54) is 0 Å². The van der Waals surface area contributed by atoms with Gasteiger partial charge in [-0.05, 0) is 83.2 Å². The zero-order valence-corrected chi connectivity index (χ0v) is 30.3. The first-order valence-electron chi connectivity index (χ1n) is 17.1. The number of carbonyl (C=O) groups excluding carboxylic acids is 4. The van der Waals surface area contributed by atoms with Crippen LogP contribution in [0.15, 0.2) is 78.9 Å². The first kappa shape index (κ1) is 38.4. The summed E-state index contributed by atoms with van der Waals surface area (Å²) in [6.07, 6.45) is -1.49. The third kappa shape index (κ3) is 10.1. The molecule has 0 unspecified atom stereocenters. The number of carbonyl (C=O) groups is 4. The number of esters is 1. The number of benzene rings is 3. The Morgan fingerprint density at radius 2 is 1.20 bits per heavy atom. The lowest BCUT2D eigenvalue weighted by molar-refractivity contribution is -0.158. The van der Waals surface area contributed by atoms with Crippen molar-refractivity contribution in [2.45, 2.75) is 109 Å². The van der Waals surface area contributed by atoms with Gasteiger partial charge in [-0.1, -0.05) is 78.9 Å². The molecule has 10 heteroatoms. The molecular weight excluding hydrogens is 634 g/mol. The van der Waals surface area contributed by atoms with E-state index in [0.717, 1.165) is 27.8 Å². The Kier molecular flexibility index (Phi) is 12.4. The summed E-state index contributed by atoms with van der Waals surface area (Å²) in [6.45, 7) is 14.2. The van der Waals surface area contributed by atoms with E-state index in [0.29, 0.717) is 0 Å². The zero-order chi connectivity index (χ0) is 36.8. The SMILES string of the molecule is C[C@@H](OC(C)(C)C)[C@H](N)C(=O)N[C@@H](Cc1ccccc1)C(=O)N[C@H](C(=O)C(=O)OCC1c2ccccc2-c2ccccc21)[C@@H](C)OC(C)(C)C. The third-order valence-electron chi connectivity index (χ3n) is 8.40. The van der Waals surface area contributed by atoms with Gasteiger partial charge in [0.1, 0.15) is 24.7 Å². The topological polar surface area (TPSA) is 146 Å². The summed E-state index contributed by atoms with van der Waals surface area (Å²) in [5, 5.41) is 5.46. The van der Waals surface area contributed by atoms with Gasteiger partial charge >= 0.3 is 5.97 Å². The average molecular weight is 686 g/mol. The lowest BCUT2D eigenvalue weighted by Crippen LogP contribution is -2.60. The molecule has 0 saturated carbocycles. The number of hydrogen-bond donors (Lipinski definition) is 3. The van der Waals surface area contributed by atoms with Crippen molar-refractivity contribution in [1.29, 1.82) is 0 Å². The molecule has 3 aromatic rings. The minimum Gasteiger partial charge on any atom is -0.459 e. The number of Topliss-reactive ketones (excluding diaryl/α,β-unsaturated/α-hetero) is 1. The van der Waals surface area contributed by atoms with Gasteiger partial charge in [0.15, 0.2) is 0 Å². The van der Waals surface area contributed by atoms with Crippen LogP contribution in [0.3, 0.4) is 0 Å². The Labute approximate surface area is 295 Å². The van der Waals surface area contributed by atoms with Crippen molar-refractivity contribution in [1.82, 2.24) is 10.6 Å². The molecule has 1 aliphatic rings. The molecule has 0 fully saturated rings. The van der Waals surface area contributed by atoms with E-state index in [4.69, 9.17) is 19.9 Å². The maximum Gasteiger partial charge on any atom is 0.376 e. The van der Waals surface area contributed by atoms with Crippen molar-refractivity contribution in [3.8, 4) is 11.1 Å². The molecule has 5 atom stereocenters. The fourth-order valence-electron chi connectivity index (χ4n) is 6.24. The van der Waals surface area contributed by atoms with Crippen LogP contribution in [-0.4, -0.2) is 71.7 Å². The predicted molar refractivity (Wildman–Crippen MR) is 192 cm³/mol. The first-order valence-corrected chi connectivity index (χ1v) is 17.1. The fraction of sp³-hybridized carbons (Fsp3) is 0.450. The highest BCUT2D eigenvalue weighted by Gasteiger charge is 2.39. The van der Waals surface area contributed by atoms with Crippen LogP contribution in [-0.2, 0) is 39.8 Å². The van der Waals surface area contributed by atoms with Crippen LogP contribution in [0.5, 0.6) is 0 Å². The molecule has 3 aromatic carbocycles. The molecule has 0 saturated heterocycles. The lowest BCUT2D eigenvalue weighted by Gasteiger charge is -2.32. The number of nitrogens with one attached hydrogen (secondary N) is 2. The van der Waals surface area contributed by atoms with Gasteiger partial charge < -0.3 is 30.6 Å². The number of ketones is 1. The Morgan fingerprint density at radius 1 is 0.700 bits per heavy atom. The van der Waals surface area contributed by atoms with Crippen LogP contribution >= 0.6 is 0 Å². The second-order valence-corrected chi connectivity index (χ2v) is 14.8. The molecule has 10 nitrogen and oxygen atoms in total. The smallest absolute Gasteiger partial charge is 0.376 e. The van der Waals surface area contributed by atoms with Crippen LogP contribution in [0.4, 0.5) is 0 Å². The summed E-state index contributed by atoms with van der Waals surface area (Å²) < 4.78 is 17.6. The van der Waals surface area contributed by atoms with Gasteiger partial charge in [0.05, 0.1) is 23.4 Å². The summed E-state index contributed by atoms with van der Waals surface area (Å²) in [7, 11) is 0. The van der Waals surface area contributed by atoms with Crippen molar-refractivity contribution in [2.75, 3.05) is 6.61 Å². The molecule has 268 valence electrons. The van der Waals surface area contributed by atoms with Crippen molar-refractivity contribution < 1.29 is 33.4 Å². The van der Waals surface area contributed by atoms with Crippen LogP contribution < -0.4 is 16.4 Å². The minimum atomic E-state index is -1.41. The molecule has 0 spiro atoms.